The van der Waals surface area contributed by atoms with Gasteiger partial charge in [-0.3, -0.25) is 14.4 Å². The molecule has 7 nitrogen and oxygen atoms in total. The summed E-state index contributed by atoms with van der Waals surface area (Å²) in [5.41, 5.74) is -4.64. The topological polar surface area (TPSA) is 84.9 Å². The van der Waals surface area contributed by atoms with E-state index >= 15 is 0 Å². The third-order valence-electron chi connectivity index (χ3n) is 5.55. The van der Waals surface area contributed by atoms with Crippen LogP contribution >= 0.6 is 0 Å². The molecule has 2 atom stereocenters. The lowest BCUT2D eigenvalue weighted by Crippen LogP contribution is -2.66. The molecule has 2 aliphatic heterocycles. The van der Waals surface area contributed by atoms with Crippen LogP contribution in [0, 0.1) is 0 Å². The summed E-state index contributed by atoms with van der Waals surface area (Å²) in [5, 5.41) is 1.84. The maximum absolute atomic E-state index is 14.5. The van der Waals surface area contributed by atoms with Crippen molar-refractivity contribution in [3.8, 4) is 5.75 Å². The highest BCUT2D eigenvalue weighted by atomic mass is 19.4. The smallest absolute Gasteiger partial charge is 0.425 e. The molecule has 0 saturated carbocycles. The molecule has 1 aromatic carbocycles. The number of halogens is 3. The summed E-state index contributed by atoms with van der Waals surface area (Å²) in [6.45, 7) is 2.53. The number of nitrogens with zero attached hydrogens (tertiary/aromatic N) is 1. The van der Waals surface area contributed by atoms with E-state index in [0.29, 0.717) is 13.0 Å². The number of hydrogen-bond acceptors (Lipinski definition) is 5. The normalized spacial score (nSPS) is 24.0. The summed E-state index contributed by atoms with van der Waals surface area (Å²) in [7, 11) is 1.26. The molecular weight excluding hydrogens is 417 g/mol. The molecule has 1 N–H and O–H groups in total. The van der Waals surface area contributed by atoms with Gasteiger partial charge in [0.15, 0.2) is 5.78 Å². The molecule has 0 spiro atoms. The van der Waals surface area contributed by atoms with Gasteiger partial charge in [0.1, 0.15) is 5.75 Å². The Hall–Kier alpha value is -2.88. The number of ketones is 1. The molecule has 3 rings (SSSR count). The molecule has 10 heteroatoms. The van der Waals surface area contributed by atoms with Crippen LogP contribution in [0.4, 0.5) is 13.2 Å². The Morgan fingerprint density at radius 2 is 2.00 bits per heavy atom. The fraction of sp³-hybridized carbons (Fsp3) is 0.476. The van der Waals surface area contributed by atoms with Gasteiger partial charge >= 0.3 is 6.18 Å². The van der Waals surface area contributed by atoms with Gasteiger partial charge in [0.25, 0.3) is 11.8 Å². The zero-order valence-electron chi connectivity index (χ0n) is 17.3. The van der Waals surface area contributed by atoms with Crippen LogP contribution in [0.3, 0.4) is 0 Å². The van der Waals surface area contributed by atoms with Gasteiger partial charge in [-0.25, -0.2) is 0 Å². The molecule has 0 aliphatic carbocycles. The maximum Gasteiger partial charge on any atom is 0.425 e. The number of hydrogen-bond donors (Lipinski definition) is 1. The molecule has 1 saturated heterocycles. The van der Waals surface area contributed by atoms with Crippen molar-refractivity contribution in [3.05, 3.63) is 41.1 Å². The second kappa shape index (κ2) is 8.33. The molecule has 2 aliphatic rings. The summed E-state index contributed by atoms with van der Waals surface area (Å²) < 4.78 is 54.0. The minimum absolute atomic E-state index is 0.0315. The van der Waals surface area contributed by atoms with E-state index in [9.17, 15) is 27.6 Å². The third-order valence-corrected chi connectivity index (χ3v) is 5.55. The Balaban J connectivity index is 2.09. The van der Waals surface area contributed by atoms with E-state index in [-0.39, 0.29) is 23.6 Å². The van der Waals surface area contributed by atoms with E-state index in [1.165, 1.54) is 32.2 Å². The lowest BCUT2D eigenvalue weighted by Gasteiger charge is -2.33. The molecule has 0 radical (unpaired) electrons. The van der Waals surface area contributed by atoms with E-state index in [2.05, 4.69) is 0 Å². The number of carbonyl (C=O) groups is 3. The number of nitrogens with one attached hydrogen (secondary N) is 1. The highest BCUT2D eigenvalue weighted by Gasteiger charge is 2.70. The minimum Gasteiger partial charge on any atom is -0.496 e. The monoisotopic (exact) mass is 440 g/mol. The molecule has 1 fully saturated rings. The summed E-state index contributed by atoms with van der Waals surface area (Å²) in [6, 6.07) is 5.67. The Morgan fingerprint density at radius 3 is 2.55 bits per heavy atom. The number of Topliss-reactive ketones (excluding diaryl/α,β-unsaturated/α-hetero) is 1. The van der Waals surface area contributed by atoms with Crippen molar-refractivity contribution in [1.29, 1.82) is 0 Å². The highest BCUT2D eigenvalue weighted by molar-refractivity contribution is 6.13. The first-order valence-electron chi connectivity index (χ1n) is 9.72. The van der Waals surface area contributed by atoms with Gasteiger partial charge < -0.3 is 19.7 Å². The van der Waals surface area contributed by atoms with Crippen molar-refractivity contribution < 1.29 is 37.0 Å². The van der Waals surface area contributed by atoms with Gasteiger partial charge in [-0.05, 0) is 38.8 Å². The summed E-state index contributed by atoms with van der Waals surface area (Å²) in [5.74, 6) is -3.54. The first-order valence-corrected chi connectivity index (χ1v) is 9.72. The molecule has 0 bridgehead atoms. The molecule has 0 aromatic heterocycles. The fourth-order valence-electron chi connectivity index (χ4n) is 4.12. The van der Waals surface area contributed by atoms with Crippen molar-refractivity contribution in [2.24, 2.45) is 0 Å². The van der Waals surface area contributed by atoms with Crippen molar-refractivity contribution in [2.75, 3.05) is 20.3 Å². The van der Waals surface area contributed by atoms with Crippen LogP contribution in [0.1, 0.15) is 37.0 Å². The zero-order valence-corrected chi connectivity index (χ0v) is 17.3. The van der Waals surface area contributed by atoms with Crippen molar-refractivity contribution in [2.45, 2.75) is 44.5 Å². The first-order chi connectivity index (χ1) is 14.5. The van der Waals surface area contributed by atoms with Crippen molar-refractivity contribution >= 4 is 17.6 Å². The molecule has 0 unspecified atom stereocenters. The zero-order chi connectivity index (χ0) is 23.0. The predicted octanol–water partition coefficient (Wildman–Crippen LogP) is 2.61. The molecule has 2 amide bonds. The van der Waals surface area contributed by atoms with E-state index in [1.807, 2.05) is 5.32 Å². The molecular formula is C21H23F3N2O5. The van der Waals surface area contributed by atoms with Crippen LogP contribution in [0.2, 0.25) is 0 Å². The van der Waals surface area contributed by atoms with Crippen LogP contribution in [0.15, 0.2) is 35.5 Å². The summed E-state index contributed by atoms with van der Waals surface area (Å²) >= 11 is 0. The van der Waals surface area contributed by atoms with E-state index in [0.717, 1.165) is 18.2 Å². The highest BCUT2D eigenvalue weighted by Crippen LogP contribution is 2.45. The number of ether oxygens (including phenoxy) is 2. The standard InChI is InChI=1S/C21H23F3N2O5/c1-12-17(13(2)27)20(21(22,23)24,19(29)26(12)11-14-7-6-10-31-14)25-18(28)15-8-4-5-9-16(15)30-3/h4-5,8-9,14H,6-7,10-11H2,1-3H3,(H,25,28)/t14-,20-/m0/s1. The number of amides is 2. The van der Waals surface area contributed by atoms with Crippen molar-refractivity contribution in [3.63, 3.8) is 0 Å². The van der Waals surface area contributed by atoms with Gasteiger partial charge in [-0.2, -0.15) is 13.2 Å². The number of para-hydroxylation sites is 1. The Labute approximate surface area is 177 Å². The maximum atomic E-state index is 14.5. The largest absolute Gasteiger partial charge is 0.496 e. The van der Waals surface area contributed by atoms with E-state index < -0.39 is 41.0 Å². The Bertz CT molecular complexity index is 937. The fourth-order valence-corrected chi connectivity index (χ4v) is 4.12. The second-order valence-electron chi connectivity index (χ2n) is 7.47. The number of benzene rings is 1. The van der Waals surface area contributed by atoms with Gasteiger partial charge in [0, 0.05) is 12.3 Å². The molecule has 2 heterocycles. The number of rotatable bonds is 6. The van der Waals surface area contributed by atoms with Gasteiger partial charge in [0.2, 0.25) is 5.54 Å². The van der Waals surface area contributed by atoms with Crippen LogP contribution < -0.4 is 10.1 Å². The van der Waals surface area contributed by atoms with E-state index in [1.54, 1.807) is 6.07 Å². The van der Waals surface area contributed by atoms with Crippen molar-refractivity contribution in [1.82, 2.24) is 10.2 Å². The molecule has 1 aromatic rings. The Kier molecular flexibility index (Phi) is 6.13. The van der Waals surface area contributed by atoms with Crippen LogP contribution in [0.5, 0.6) is 5.75 Å². The van der Waals surface area contributed by atoms with Gasteiger partial charge in [0.05, 0.1) is 30.9 Å². The van der Waals surface area contributed by atoms with Gasteiger partial charge in [-0.1, -0.05) is 12.1 Å². The first kappa shape index (κ1) is 22.8. The second-order valence-corrected chi connectivity index (χ2v) is 7.47. The van der Waals surface area contributed by atoms with Crippen LogP contribution in [0.25, 0.3) is 0 Å². The number of carbonyl (C=O) groups excluding carboxylic acids is 3. The molecule has 31 heavy (non-hydrogen) atoms. The van der Waals surface area contributed by atoms with Crippen LogP contribution in [-0.4, -0.2) is 60.6 Å². The number of methoxy groups -OCH3 is 1. The van der Waals surface area contributed by atoms with Gasteiger partial charge in [-0.15, -0.1) is 0 Å². The lowest BCUT2D eigenvalue weighted by molar-refractivity contribution is -0.191. The number of allylic oxidation sites excluding steroid dienone is 1. The number of alkyl halides is 3. The lowest BCUT2D eigenvalue weighted by atomic mass is 9.86. The SMILES string of the molecule is COc1ccccc1C(=O)N[C@]1(C(F)(F)F)C(=O)N(C[C@@H]2CCCO2)C(C)=C1C(C)=O. The average molecular weight is 440 g/mol. The predicted molar refractivity (Wildman–Crippen MR) is 103 cm³/mol. The van der Waals surface area contributed by atoms with Crippen LogP contribution in [-0.2, 0) is 14.3 Å². The van der Waals surface area contributed by atoms with E-state index in [4.69, 9.17) is 9.47 Å². The summed E-state index contributed by atoms with van der Waals surface area (Å²) in [4.78, 5) is 39.3. The average Bonchev–Trinajstić information content (AvgIpc) is 3.29. The third kappa shape index (κ3) is 3.80. The summed E-state index contributed by atoms with van der Waals surface area (Å²) in [6.07, 6.45) is -4.40. The minimum atomic E-state index is -5.27. The Morgan fingerprint density at radius 1 is 1.32 bits per heavy atom. The quantitative estimate of drug-likeness (QED) is 0.735. The molecule has 168 valence electrons.